The standard InChI is InChI=1S/C16H24N2O2/c1-5-18-9-8-12-10-14(7-6-13(12)11-18)17-15(19)20-16(2,3)4/h6-7,10H,5,8-9,11H2,1-4H3,(H,17,19). The summed E-state index contributed by atoms with van der Waals surface area (Å²) < 4.78 is 5.26. The van der Waals surface area contributed by atoms with E-state index in [1.807, 2.05) is 26.8 Å². The SMILES string of the molecule is CCN1CCc2cc(NC(=O)OC(C)(C)C)ccc2C1. The number of hydrogen-bond donors (Lipinski definition) is 1. The zero-order chi connectivity index (χ0) is 14.8. The molecule has 4 heteroatoms. The fourth-order valence-electron chi connectivity index (χ4n) is 2.38. The van der Waals surface area contributed by atoms with Crippen molar-refractivity contribution in [2.45, 2.75) is 46.3 Å². The van der Waals surface area contributed by atoms with Crippen LogP contribution in [0.15, 0.2) is 18.2 Å². The molecule has 20 heavy (non-hydrogen) atoms. The molecule has 1 amide bonds. The zero-order valence-electron chi connectivity index (χ0n) is 12.8. The van der Waals surface area contributed by atoms with Crippen LogP contribution in [0.25, 0.3) is 0 Å². The average Bonchev–Trinajstić information content (AvgIpc) is 2.35. The van der Waals surface area contributed by atoms with E-state index in [-0.39, 0.29) is 0 Å². The number of carbonyl (C=O) groups excluding carboxylic acids is 1. The minimum atomic E-state index is -0.472. The second-order valence-corrected chi connectivity index (χ2v) is 6.23. The molecule has 0 atom stereocenters. The monoisotopic (exact) mass is 276 g/mol. The molecular formula is C16H24N2O2. The van der Waals surface area contributed by atoms with Gasteiger partial charge >= 0.3 is 6.09 Å². The molecule has 1 aromatic rings. The lowest BCUT2D eigenvalue weighted by atomic mass is 9.99. The van der Waals surface area contributed by atoms with E-state index in [0.29, 0.717) is 0 Å². The number of nitrogens with one attached hydrogen (secondary N) is 1. The van der Waals surface area contributed by atoms with Crippen LogP contribution in [0.2, 0.25) is 0 Å². The predicted octanol–water partition coefficient (Wildman–Crippen LogP) is 3.41. The highest BCUT2D eigenvalue weighted by atomic mass is 16.6. The second-order valence-electron chi connectivity index (χ2n) is 6.23. The normalized spacial score (nSPS) is 15.6. The van der Waals surface area contributed by atoms with Crippen LogP contribution >= 0.6 is 0 Å². The number of fused-ring (bicyclic) bond motifs is 1. The van der Waals surface area contributed by atoms with Gasteiger partial charge in [0.25, 0.3) is 0 Å². The van der Waals surface area contributed by atoms with Gasteiger partial charge in [0.1, 0.15) is 5.60 Å². The number of hydrogen-bond acceptors (Lipinski definition) is 3. The number of nitrogens with zero attached hydrogens (tertiary/aromatic N) is 1. The molecule has 1 aromatic carbocycles. The largest absolute Gasteiger partial charge is 0.444 e. The Labute approximate surface area is 121 Å². The van der Waals surface area contributed by atoms with Gasteiger partial charge in [-0.05, 0) is 57.0 Å². The quantitative estimate of drug-likeness (QED) is 0.900. The van der Waals surface area contributed by atoms with Gasteiger partial charge in [0.15, 0.2) is 0 Å². The summed E-state index contributed by atoms with van der Waals surface area (Å²) in [4.78, 5) is 14.2. The van der Waals surface area contributed by atoms with Gasteiger partial charge in [-0.1, -0.05) is 13.0 Å². The molecule has 0 aromatic heterocycles. The summed E-state index contributed by atoms with van der Waals surface area (Å²) in [6.45, 7) is 10.9. The number of likely N-dealkylation sites (N-methyl/N-ethyl adjacent to an activating group) is 1. The van der Waals surface area contributed by atoms with E-state index >= 15 is 0 Å². The van der Waals surface area contributed by atoms with Crippen LogP contribution in [0.4, 0.5) is 10.5 Å². The van der Waals surface area contributed by atoms with E-state index in [0.717, 1.165) is 31.7 Å². The van der Waals surface area contributed by atoms with Gasteiger partial charge in [0.05, 0.1) is 0 Å². The molecule has 2 rings (SSSR count). The van der Waals surface area contributed by atoms with Crippen LogP contribution in [0, 0.1) is 0 Å². The molecule has 4 nitrogen and oxygen atoms in total. The third-order valence-electron chi connectivity index (χ3n) is 3.39. The van der Waals surface area contributed by atoms with Gasteiger partial charge in [-0.15, -0.1) is 0 Å². The van der Waals surface area contributed by atoms with Crippen molar-refractivity contribution in [1.29, 1.82) is 0 Å². The lowest BCUT2D eigenvalue weighted by Gasteiger charge is -2.28. The molecule has 0 saturated heterocycles. The maximum atomic E-state index is 11.8. The predicted molar refractivity (Wildman–Crippen MR) is 81.0 cm³/mol. The summed E-state index contributed by atoms with van der Waals surface area (Å²) >= 11 is 0. The van der Waals surface area contributed by atoms with E-state index < -0.39 is 11.7 Å². The summed E-state index contributed by atoms with van der Waals surface area (Å²) in [5, 5.41) is 2.80. The maximum Gasteiger partial charge on any atom is 0.412 e. The maximum absolute atomic E-state index is 11.8. The fraction of sp³-hybridized carbons (Fsp3) is 0.562. The van der Waals surface area contributed by atoms with E-state index in [1.54, 1.807) is 0 Å². The van der Waals surface area contributed by atoms with Gasteiger partial charge in [-0.3, -0.25) is 10.2 Å². The summed E-state index contributed by atoms with van der Waals surface area (Å²) in [5.74, 6) is 0. The molecule has 1 N–H and O–H groups in total. The van der Waals surface area contributed by atoms with Gasteiger partial charge in [-0.2, -0.15) is 0 Å². The van der Waals surface area contributed by atoms with Crippen molar-refractivity contribution in [3.63, 3.8) is 0 Å². The Bertz CT molecular complexity index is 492. The Morgan fingerprint density at radius 3 is 2.75 bits per heavy atom. The smallest absolute Gasteiger partial charge is 0.412 e. The molecular weight excluding hydrogens is 252 g/mol. The summed E-state index contributed by atoms with van der Waals surface area (Å²) in [6, 6.07) is 6.11. The van der Waals surface area contributed by atoms with Crippen molar-refractivity contribution >= 4 is 11.8 Å². The van der Waals surface area contributed by atoms with Crippen LogP contribution in [0.5, 0.6) is 0 Å². The van der Waals surface area contributed by atoms with E-state index in [9.17, 15) is 4.79 Å². The van der Waals surface area contributed by atoms with Gasteiger partial charge in [0, 0.05) is 18.8 Å². The highest BCUT2D eigenvalue weighted by molar-refractivity contribution is 5.85. The number of rotatable bonds is 2. The Balaban J connectivity index is 2.03. The topological polar surface area (TPSA) is 41.6 Å². The van der Waals surface area contributed by atoms with Crippen molar-refractivity contribution in [1.82, 2.24) is 4.90 Å². The average molecular weight is 276 g/mol. The first-order valence-corrected chi connectivity index (χ1v) is 7.21. The van der Waals surface area contributed by atoms with Crippen LogP contribution in [0.1, 0.15) is 38.8 Å². The van der Waals surface area contributed by atoms with E-state index in [4.69, 9.17) is 4.74 Å². The number of anilines is 1. The van der Waals surface area contributed by atoms with Crippen molar-refractivity contribution in [3.05, 3.63) is 29.3 Å². The first-order valence-electron chi connectivity index (χ1n) is 7.21. The van der Waals surface area contributed by atoms with E-state index in [1.165, 1.54) is 11.1 Å². The van der Waals surface area contributed by atoms with Crippen molar-refractivity contribution < 1.29 is 9.53 Å². The van der Waals surface area contributed by atoms with Crippen LogP contribution < -0.4 is 5.32 Å². The van der Waals surface area contributed by atoms with Crippen molar-refractivity contribution in [3.8, 4) is 0 Å². The summed E-state index contributed by atoms with van der Waals surface area (Å²) in [6.07, 6.45) is 0.635. The lowest BCUT2D eigenvalue weighted by Crippen LogP contribution is -2.30. The molecule has 0 bridgehead atoms. The zero-order valence-corrected chi connectivity index (χ0v) is 12.8. The molecule has 0 fully saturated rings. The minimum absolute atomic E-state index is 0.400. The van der Waals surface area contributed by atoms with Crippen molar-refractivity contribution in [2.24, 2.45) is 0 Å². The molecule has 1 heterocycles. The van der Waals surface area contributed by atoms with Crippen LogP contribution in [-0.2, 0) is 17.7 Å². The first-order chi connectivity index (χ1) is 9.37. The minimum Gasteiger partial charge on any atom is -0.444 e. The summed E-state index contributed by atoms with van der Waals surface area (Å²) in [7, 11) is 0. The Hall–Kier alpha value is -1.55. The number of amides is 1. The summed E-state index contributed by atoms with van der Waals surface area (Å²) in [5.41, 5.74) is 3.01. The number of carbonyl (C=O) groups is 1. The number of ether oxygens (including phenoxy) is 1. The Morgan fingerprint density at radius 2 is 2.10 bits per heavy atom. The number of benzene rings is 1. The molecule has 110 valence electrons. The fourth-order valence-corrected chi connectivity index (χ4v) is 2.38. The highest BCUT2D eigenvalue weighted by Crippen LogP contribution is 2.23. The molecule has 0 aliphatic carbocycles. The van der Waals surface area contributed by atoms with Gasteiger partial charge in [-0.25, -0.2) is 4.79 Å². The molecule has 1 aliphatic rings. The Morgan fingerprint density at radius 1 is 1.35 bits per heavy atom. The molecule has 0 spiro atoms. The van der Waals surface area contributed by atoms with E-state index in [2.05, 4.69) is 29.3 Å². The lowest BCUT2D eigenvalue weighted by molar-refractivity contribution is 0.0636. The van der Waals surface area contributed by atoms with Crippen molar-refractivity contribution in [2.75, 3.05) is 18.4 Å². The molecule has 0 unspecified atom stereocenters. The van der Waals surface area contributed by atoms with Gasteiger partial charge in [0.2, 0.25) is 0 Å². The van der Waals surface area contributed by atoms with Crippen LogP contribution in [-0.4, -0.2) is 29.7 Å². The second kappa shape index (κ2) is 5.83. The highest BCUT2D eigenvalue weighted by Gasteiger charge is 2.18. The third-order valence-corrected chi connectivity index (χ3v) is 3.39. The third kappa shape index (κ3) is 3.97. The first kappa shape index (κ1) is 14.9. The van der Waals surface area contributed by atoms with Crippen LogP contribution in [0.3, 0.4) is 0 Å². The molecule has 0 saturated carbocycles. The van der Waals surface area contributed by atoms with Gasteiger partial charge < -0.3 is 4.74 Å². The molecule has 1 aliphatic heterocycles. The Kier molecular flexibility index (Phi) is 4.33. The molecule has 0 radical (unpaired) electrons.